The Balaban J connectivity index is 1.63. The fourth-order valence-corrected chi connectivity index (χ4v) is 2.78. The summed E-state index contributed by atoms with van der Waals surface area (Å²) < 4.78 is 10.6. The van der Waals surface area contributed by atoms with E-state index in [9.17, 15) is 9.59 Å². The zero-order valence-electron chi connectivity index (χ0n) is 16.1. The van der Waals surface area contributed by atoms with E-state index in [1.165, 1.54) is 17.9 Å². The molecular formula is C22H21ClN2O4. The van der Waals surface area contributed by atoms with E-state index in [0.29, 0.717) is 28.1 Å². The van der Waals surface area contributed by atoms with Crippen LogP contribution in [-0.4, -0.2) is 18.4 Å². The lowest BCUT2D eigenvalue weighted by Crippen LogP contribution is -2.21. The van der Waals surface area contributed by atoms with Crippen molar-refractivity contribution in [3.8, 4) is 5.75 Å². The molecule has 7 heteroatoms. The smallest absolute Gasteiger partial charge is 0.291 e. The van der Waals surface area contributed by atoms with Crippen molar-refractivity contribution in [2.75, 3.05) is 17.2 Å². The average Bonchev–Trinajstić information content (AvgIpc) is 3.24. The number of carbonyl (C=O) groups is 2. The van der Waals surface area contributed by atoms with Crippen LogP contribution in [0.15, 0.2) is 65.3 Å². The van der Waals surface area contributed by atoms with Crippen molar-refractivity contribution < 1.29 is 18.7 Å². The van der Waals surface area contributed by atoms with E-state index >= 15 is 0 Å². The third kappa shape index (κ3) is 5.62. The highest BCUT2D eigenvalue weighted by Gasteiger charge is 2.14. The van der Waals surface area contributed by atoms with Crippen molar-refractivity contribution >= 4 is 34.8 Å². The Morgan fingerprint density at radius 1 is 1.03 bits per heavy atom. The molecule has 0 spiro atoms. The van der Waals surface area contributed by atoms with Crippen molar-refractivity contribution in [3.05, 3.63) is 77.2 Å². The van der Waals surface area contributed by atoms with Crippen LogP contribution in [0.3, 0.4) is 0 Å². The zero-order chi connectivity index (χ0) is 20.8. The minimum atomic E-state index is -0.450. The summed E-state index contributed by atoms with van der Waals surface area (Å²) in [5.41, 5.74) is 1.95. The minimum Gasteiger partial charge on any atom is -0.484 e. The first-order valence-electron chi connectivity index (χ1n) is 9.09. The molecule has 0 aliphatic heterocycles. The van der Waals surface area contributed by atoms with Crippen molar-refractivity contribution in [2.24, 2.45) is 0 Å². The molecule has 1 heterocycles. The van der Waals surface area contributed by atoms with Crippen LogP contribution in [0.5, 0.6) is 5.75 Å². The summed E-state index contributed by atoms with van der Waals surface area (Å²) in [5, 5.41) is 5.81. The third-order valence-electron chi connectivity index (χ3n) is 4.17. The second-order valence-corrected chi connectivity index (χ2v) is 7.12. The molecular weight excluding hydrogens is 392 g/mol. The molecule has 0 unspecified atom stereocenters. The Kier molecular flexibility index (Phi) is 6.57. The van der Waals surface area contributed by atoms with E-state index in [-0.39, 0.29) is 18.3 Å². The standard InChI is InChI=1S/C22H21ClN2O4/c1-14(2)15-5-8-17(9-6-15)29-13-21(26)24-18-10-7-16(23)12-19(18)25-22(27)20-4-3-11-28-20/h3-12,14H,13H2,1-2H3,(H,24,26)(H,25,27). The molecule has 2 amide bonds. The van der Waals surface area contributed by atoms with Crippen LogP contribution in [0.25, 0.3) is 0 Å². The Labute approximate surface area is 173 Å². The quantitative estimate of drug-likeness (QED) is 0.549. The van der Waals surface area contributed by atoms with Crippen LogP contribution in [0.4, 0.5) is 11.4 Å². The Bertz CT molecular complexity index is 983. The lowest BCUT2D eigenvalue weighted by Gasteiger charge is -2.13. The van der Waals surface area contributed by atoms with Crippen molar-refractivity contribution in [1.82, 2.24) is 0 Å². The molecule has 1 aromatic heterocycles. The van der Waals surface area contributed by atoms with E-state index in [4.69, 9.17) is 20.8 Å². The number of benzene rings is 2. The third-order valence-corrected chi connectivity index (χ3v) is 4.40. The maximum Gasteiger partial charge on any atom is 0.291 e. The first kappa shape index (κ1) is 20.5. The molecule has 0 saturated carbocycles. The van der Waals surface area contributed by atoms with Gasteiger partial charge < -0.3 is 19.8 Å². The largest absolute Gasteiger partial charge is 0.484 e. The first-order chi connectivity index (χ1) is 13.9. The molecule has 150 valence electrons. The van der Waals surface area contributed by atoms with Gasteiger partial charge in [-0.3, -0.25) is 9.59 Å². The molecule has 2 N–H and O–H groups in total. The van der Waals surface area contributed by atoms with Gasteiger partial charge in [0.1, 0.15) is 5.75 Å². The summed E-state index contributed by atoms with van der Waals surface area (Å²) in [6.45, 7) is 4.05. The highest BCUT2D eigenvalue weighted by Crippen LogP contribution is 2.26. The topological polar surface area (TPSA) is 80.6 Å². The predicted molar refractivity (Wildman–Crippen MR) is 113 cm³/mol. The highest BCUT2D eigenvalue weighted by molar-refractivity contribution is 6.31. The number of rotatable bonds is 7. The lowest BCUT2D eigenvalue weighted by atomic mass is 10.0. The van der Waals surface area contributed by atoms with Crippen molar-refractivity contribution in [2.45, 2.75) is 19.8 Å². The van der Waals surface area contributed by atoms with Gasteiger partial charge in [-0.1, -0.05) is 37.6 Å². The van der Waals surface area contributed by atoms with Crippen molar-refractivity contribution in [1.29, 1.82) is 0 Å². The zero-order valence-corrected chi connectivity index (χ0v) is 16.8. The summed E-state index contributed by atoms with van der Waals surface area (Å²) in [7, 11) is 0. The molecule has 0 aliphatic carbocycles. The molecule has 0 aliphatic rings. The van der Waals surface area contributed by atoms with Gasteiger partial charge in [-0.05, 0) is 53.9 Å². The average molecular weight is 413 g/mol. The van der Waals surface area contributed by atoms with Crippen molar-refractivity contribution in [3.63, 3.8) is 0 Å². The molecule has 3 rings (SSSR count). The Morgan fingerprint density at radius 3 is 2.45 bits per heavy atom. The monoisotopic (exact) mass is 412 g/mol. The fraction of sp³-hybridized carbons (Fsp3) is 0.182. The van der Waals surface area contributed by atoms with Crippen LogP contribution in [-0.2, 0) is 4.79 Å². The number of furan rings is 1. The number of ether oxygens (including phenoxy) is 1. The van der Waals surface area contributed by atoms with Crippen LogP contribution >= 0.6 is 11.6 Å². The van der Waals surface area contributed by atoms with E-state index < -0.39 is 5.91 Å². The number of hydrogen-bond acceptors (Lipinski definition) is 4. The van der Waals surface area contributed by atoms with E-state index in [1.807, 2.05) is 24.3 Å². The Hall–Kier alpha value is -3.25. The van der Waals surface area contributed by atoms with Gasteiger partial charge in [-0.25, -0.2) is 0 Å². The van der Waals surface area contributed by atoms with Crippen LogP contribution in [0.1, 0.15) is 35.9 Å². The molecule has 6 nitrogen and oxygen atoms in total. The van der Waals surface area contributed by atoms with Gasteiger partial charge in [-0.2, -0.15) is 0 Å². The summed E-state index contributed by atoms with van der Waals surface area (Å²) in [6, 6.07) is 15.5. The maximum atomic E-state index is 12.3. The van der Waals surface area contributed by atoms with Gasteiger partial charge in [0.05, 0.1) is 17.6 Å². The number of anilines is 2. The van der Waals surface area contributed by atoms with E-state index in [1.54, 1.807) is 24.3 Å². The number of carbonyl (C=O) groups excluding carboxylic acids is 2. The van der Waals surface area contributed by atoms with Crippen LogP contribution in [0, 0.1) is 0 Å². The lowest BCUT2D eigenvalue weighted by molar-refractivity contribution is -0.118. The van der Waals surface area contributed by atoms with Crippen LogP contribution in [0.2, 0.25) is 5.02 Å². The molecule has 2 aromatic carbocycles. The van der Waals surface area contributed by atoms with Gasteiger partial charge in [0, 0.05) is 5.02 Å². The number of hydrogen-bond donors (Lipinski definition) is 2. The number of nitrogens with one attached hydrogen (secondary N) is 2. The van der Waals surface area contributed by atoms with Gasteiger partial charge in [0.2, 0.25) is 0 Å². The molecule has 0 atom stereocenters. The van der Waals surface area contributed by atoms with Gasteiger partial charge in [0.25, 0.3) is 11.8 Å². The van der Waals surface area contributed by atoms with E-state index in [2.05, 4.69) is 24.5 Å². The molecule has 3 aromatic rings. The normalized spacial score (nSPS) is 10.6. The predicted octanol–water partition coefficient (Wildman–Crippen LogP) is 5.33. The van der Waals surface area contributed by atoms with Gasteiger partial charge in [-0.15, -0.1) is 0 Å². The first-order valence-corrected chi connectivity index (χ1v) is 9.47. The van der Waals surface area contributed by atoms with Crippen LogP contribution < -0.4 is 15.4 Å². The fourth-order valence-electron chi connectivity index (χ4n) is 2.60. The minimum absolute atomic E-state index is 0.149. The van der Waals surface area contributed by atoms with Gasteiger partial charge >= 0.3 is 0 Å². The van der Waals surface area contributed by atoms with E-state index in [0.717, 1.165) is 0 Å². The number of amides is 2. The highest BCUT2D eigenvalue weighted by atomic mass is 35.5. The molecule has 29 heavy (non-hydrogen) atoms. The maximum absolute atomic E-state index is 12.3. The number of halogens is 1. The summed E-state index contributed by atoms with van der Waals surface area (Å²) >= 11 is 6.03. The molecule has 0 radical (unpaired) electrons. The van der Waals surface area contributed by atoms with Gasteiger partial charge in [0.15, 0.2) is 12.4 Å². The summed E-state index contributed by atoms with van der Waals surface area (Å²) in [5.74, 6) is 0.359. The second kappa shape index (κ2) is 9.30. The SMILES string of the molecule is CC(C)c1ccc(OCC(=O)Nc2ccc(Cl)cc2NC(=O)c2ccco2)cc1. The molecule has 0 fully saturated rings. The second-order valence-electron chi connectivity index (χ2n) is 6.68. The summed E-state index contributed by atoms with van der Waals surface area (Å²) in [4.78, 5) is 24.5. The summed E-state index contributed by atoms with van der Waals surface area (Å²) in [6.07, 6.45) is 1.40. The Morgan fingerprint density at radius 2 is 1.79 bits per heavy atom. The molecule has 0 saturated heterocycles. The molecule has 0 bridgehead atoms.